The van der Waals surface area contributed by atoms with Crippen molar-refractivity contribution in [3.05, 3.63) is 53.1 Å². The maximum atomic E-state index is 3.38. The van der Waals surface area contributed by atoms with Crippen LogP contribution in [0.3, 0.4) is 0 Å². The Labute approximate surface area is 140 Å². The number of halogens is 2. The SMILES string of the molecule is CCC1=Cc2[c-]cc3ccccc3c2C1.[Cl-].[Cl-].[Zr+3]. The second-order valence-electron chi connectivity index (χ2n) is 4.10. The van der Waals surface area contributed by atoms with E-state index in [1.807, 2.05) is 0 Å². The van der Waals surface area contributed by atoms with Crippen LogP contribution in [0.1, 0.15) is 24.5 Å². The van der Waals surface area contributed by atoms with Gasteiger partial charge in [-0.1, -0.05) is 42.0 Å². The van der Waals surface area contributed by atoms with E-state index in [2.05, 4.69) is 49.4 Å². The van der Waals surface area contributed by atoms with Gasteiger partial charge in [-0.15, -0.1) is 34.9 Å². The van der Waals surface area contributed by atoms with Gasteiger partial charge in [0.25, 0.3) is 0 Å². The first-order valence-corrected chi connectivity index (χ1v) is 5.50. The fourth-order valence-electron chi connectivity index (χ4n) is 2.31. The molecule has 0 aliphatic heterocycles. The van der Waals surface area contributed by atoms with Gasteiger partial charge in [0.1, 0.15) is 0 Å². The van der Waals surface area contributed by atoms with E-state index in [9.17, 15) is 0 Å². The minimum absolute atomic E-state index is 0. The summed E-state index contributed by atoms with van der Waals surface area (Å²) in [5.74, 6) is 0. The minimum Gasteiger partial charge on any atom is -1.00 e. The van der Waals surface area contributed by atoms with Crippen LogP contribution in [0.4, 0.5) is 0 Å². The van der Waals surface area contributed by atoms with E-state index in [1.165, 1.54) is 27.5 Å². The molecule has 0 bridgehead atoms. The molecule has 3 heteroatoms. The summed E-state index contributed by atoms with van der Waals surface area (Å²) in [6.45, 7) is 2.22. The molecule has 0 atom stereocenters. The molecule has 0 saturated carbocycles. The quantitative estimate of drug-likeness (QED) is 0.519. The third-order valence-corrected chi connectivity index (χ3v) is 3.20. The van der Waals surface area contributed by atoms with Crippen LogP contribution in [0.2, 0.25) is 0 Å². The maximum Gasteiger partial charge on any atom is 3.00 e. The third-order valence-electron chi connectivity index (χ3n) is 3.20. The predicted octanol–water partition coefficient (Wildman–Crippen LogP) is -2.01. The molecule has 0 fully saturated rings. The summed E-state index contributed by atoms with van der Waals surface area (Å²) in [5, 5.41) is 2.70. The molecule has 3 rings (SSSR count). The normalized spacial score (nSPS) is 11.7. The van der Waals surface area contributed by atoms with Crippen LogP contribution in [-0.4, -0.2) is 0 Å². The summed E-state index contributed by atoms with van der Waals surface area (Å²) in [6, 6.07) is 14.1. The zero-order chi connectivity index (χ0) is 10.3. The van der Waals surface area contributed by atoms with Gasteiger partial charge in [0.15, 0.2) is 0 Å². The van der Waals surface area contributed by atoms with Crippen molar-refractivity contribution in [2.24, 2.45) is 0 Å². The Hall–Kier alpha value is -0.0969. The van der Waals surface area contributed by atoms with Gasteiger partial charge >= 0.3 is 26.2 Å². The zero-order valence-electron chi connectivity index (χ0n) is 10.1. The number of hydrogen-bond acceptors (Lipinski definition) is 0. The molecule has 0 N–H and O–H groups in total. The van der Waals surface area contributed by atoms with Crippen LogP contribution in [0.15, 0.2) is 35.9 Å². The number of fused-ring (bicyclic) bond motifs is 3. The van der Waals surface area contributed by atoms with E-state index in [-0.39, 0.29) is 51.0 Å². The summed E-state index contributed by atoms with van der Waals surface area (Å²) >= 11 is 0. The second-order valence-corrected chi connectivity index (χ2v) is 4.10. The summed E-state index contributed by atoms with van der Waals surface area (Å²) in [5.41, 5.74) is 4.29. The molecule has 1 aliphatic rings. The molecule has 1 aliphatic carbocycles. The number of allylic oxidation sites excluding steroid dienone is 1. The van der Waals surface area contributed by atoms with Gasteiger partial charge in [0.2, 0.25) is 0 Å². The Kier molecular flexibility index (Phi) is 7.44. The first-order chi connectivity index (χ1) is 7.38. The van der Waals surface area contributed by atoms with Crippen molar-refractivity contribution in [3.63, 3.8) is 0 Å². The number of hydrogen-bond donors (Lipinski definition) is 0. The van der Waals surface area contributed by atoms with Crippen molar-refractivity contribution >= 4 is 16.8 Å². The molecule has 0 unspecified atom stereocenters. The monoisotopic (exact) mass is 353 g/mol. The molecule has 1 radical (unpaired) electrons. The topological polar surface area (TPSA) is 0 Å². The van der Waals surface area contributed by atoms with Gasteiger partial charge in [-0.2, -0.15) is 0 Å². The molecule has 2 aromatic rings. The van der Waals surface area contributed by atoms with E-state index in [0.29, 0.717) is 0 Å². The molecule has 0 heterocycles. The molecule has 0 amide bonds. The summed E-state index contributed by atoms with van der Waals surface area (Å²) in [7, 11) is 0. The molecule has 91 valence electrons. The average molecular weight is 355 g/mol. The average Bonchev–Trinajstić information content (AvgIpc) is 2.72. The van der Waals surface area contributed by atoms with E-state index in [4.69, 9.17) is 0 Å². The van der Waals surface area contributed by atoms with Gasteiger partial charge in [-0.25, -0.2) is 0 Å². The fourth-order valence-corrected chi connectivity index (χ4v) is 2.31. The van der Waals surface area contributed by atoms with Crippen LogP contribution < -0.4 is 24.8 Å². The Balaban J connectivity index is 0.000000963. The van der Waals surface area contributed by atoms with Gasteiger partial charge in [-0.3, -0.25) is 0 Å². The summed E-state index contributed by atoms with van der Waals surface area (Å²) < 4.78 is 0. The van der Waals surface area contributed by atoms with Crippen molar-refractivity contribution in [2.45, 2.75) is 19.8 Å². The standard InChI is InChI=1S/C15H13.2ClH.Zr/c1-2-11-9-13-8-7-12-5-3-4-6-14(12)15(13)10-11;;;/h3-7,9H,2,10H2,1H3;2*1H;/q-1;;;+3/p-2. The molecule has 2 aromatic carbocycles. The first kappa shape index (κ1) is 17.9. The molecule has 18 heavy (non-hydrogen) atoms. The maximum absolute atomic E-state index is 3.38. The molecule has 0 spiro atoms. The van der Waals surface area contributed by atoms with Crippen molar-refractivity contribution < 1.29 is 51.0 Å². The van der Waals surface area contributed by atoms with Crippen LogP contribution in [0, 0.1) is 6.07 Å². The zero-order valence-corrected chi connectivity index (χ0v) is 14.1. The predicted molar refractivity (Wildman–Crippen MR) is 64.8 cm³/mol. The summed E-state index contributed by atoms with van der Waals surface area (Å²) in [4.78, 5) is 0. The molecule has 0 aromatic heterocycles. The minimum atomic E-state index is 0. The molecule has 0 nitrogen and oxygen atoms in total. The van der Waals surface area contributed by atoms with Gasteiger partial charge in [0.05, 0.1) is 0 Å². The molecule has 0 saturated heterocycles. The molecular weight excluding hydrogens is 342 g/mol. The van der Waals surface area contributed by atoms with Crippen LogP contribution >= 0.6 is 0 Å². The van der Waals surface area contributed by atoms with Crippen LogP contribution in [0.5, 0.6) is 0 Å². The van der Waals surface area contributed by atoms with Crippen molar-refractivity contribution in [1.29, 1.82) is 0 Å². The van der Waals surface area contributed by atoms with Crippen molar-refractivity contribution in [1.82, 2.24) is 0 Å². The van der Waals surface area contributed by atoms with Gasteiger partial charge in [-0.05, 0) is 12.8 Å². The van der Waals surface area contributed by atoms with Crippen LogP contribution in [-0.2, 0) is 32.6 Å². The Morgan fingerprint density at radius 1 is 1.17 bits per heavy atom. The Morgan fingerprint density at radius 3 is 2.61 bits per heavy atom. The van der Waals surface area contributed by atoms with E-state index in [0.717, 1.165) is 12.8 Å². The van der Waals surface area contributed by atoms with E-state index >= 15 is 0 Å². The van der Waals surface area contributed by atoms with Crippen molar-refractivity contribution in [3.8, 4) is 0 Å². The van der Waals surface area contributed by atoms with E-state index < -0.39 is 0 Å². The fraction of sp³-hybridized carbons (Fsp3) is 0.200. The number of benzene rings is 2. The van der Waals surface area contributed by atoms with Gasteiger partial charge < -0.3 is 24.8 Å². The molecular formula is C15H13Cl2Zr. The van der Waals surface area contributed by atoms with E-state index in [1.54, 1.807) is 0 Å². The second kappa shape index (κ2) is 7.48. The smallest absolute Gasteiger partial charge is 1.00 e. The third kappa shape index (κ3) is 3.07. The van der Waals surface area contributed by atoms with Gasteiger partial charge in [0, 0.05) is 0 Å². The number of rotatable bonds is 1. The first-order valence-electron chi connectivity index (χ1n) is 5.50. The Bertz CT molecular complexity index is 561. The van der Waals surface area contributed by atoms with Crippen molar-refractivity contribution in [2.75, 3.05) is 0 Å². The largest absolute Gasteiger partial charge is 3.00 e. The summed E-state index contributed by atoms with van der Waals surface area (Å²) in [6.07, 6.45) is 4.56. The Morgan fingerprint density at radius 2 is 1.89 bits per heavy atom. The van der Waals surface area contributed by atoms with Crippen LogP contribution in [0.25, 0.3) is 16.8 Å².